The maximum atomic E-state index is 12.5. The molecular weight excluding hydrogens is 285 g/mol. The number of aryl methyl sites for hydroxylation is 1. The highest BCUT2D eigenvalue weighted by molar-refractivity contribution is 5.92. The van der Waals surface area contributed by atoms with Gasteiger partial charge >= 0.3 is 6.18 Å². The Labute approximate surface area is 121 Å². The Bertz CT molecular complexity index is 500. The van der Waals surface area contributed by atoms with Gasteiger partial charge in [-0.05, 0) is 13.3 Å². The van der Waals surface area contributed by atoms with Crippen LogP contribution < -0.4 is 0 Å². The average Bonchev–Trinajstić information content (AvgIpc) is 2.97. The van der Waals surface area contributed by atoms with Gasteiger partial charge in [-0.3, -0.25) is 9.69 Å². The van der Waals surface area contributed by atoms with Crippen LogP contribution in [0.1, 0.15) is 23.8 Å². The van der Waals surface area contributed by atoms with Crippen molar-refractivity contribution in [2.24, 2.45) is 7.05 Å². The molecule has 1 aromatic heterocycles. The van der Waals surface area contributed by atoms with E-state index in [-0.39, 0.29) is 18.5 Å². The summed E-state index contributed by atoms with van der Waals surface area (Å²) >= 11 is 0. The number of rotatable bonds is 4. The average molecular weight is 304 g/mol. The van der Waals surface area contributed by atoms with Crippen LogP contribution in [0.15, 0.2) is 12.5 Å². The summed E-state index contributed by atoms with van der Waals surface area (Å²) in [5.74, 6) is -0.184. The van der Waals surface area contributed by atoms with Gasteiger partial charge in [-0.2, -0.15) is 13.2 Å². The molecule has 1 aliphatic heterocycles. The first kappa shape index (κ1) is 15.8. The summed E-state index contributed by atoms with van der Waals surface area (Å²) in [7, 11) is 1.72. The molecular formula is C13H19F3N4O. The number of nitrogens with zero attached hydrogens (tertiary/aromatic N) is 4. The molecule has 0 N–H and O–H groups in total. The van der Waals surface area contributed by atoms with Gasteiger partial charge in [0.1, 0.15) is 5.69 Å². The quantitative estimate of drug-likeness (QED) is 0.847. The van der Waals surface area contributed by atoms with E-state index in [9.17, 15) is 18.0 Å². The number of amides is 1. The summed E-state index contributed by atoms with van der Waals surface area (Å²) in [6, 6.07) is -0.181. The van der Waals surface area contributed by atoms with Crippen molar-refractivity contribution in [3.63, 3.8) is 0 Å². The van der Waals surface area contributed by atoms with Gasteiger partial charge in [-0.25, -0.2) is 4.98 Å². The minimum Gasteiger partial charge on any atom is -0.333 e. The van der Waals surface area contributed by atoms with Crippen molar-refractivity contribution in [1.29, 1.82) is 0 Å². The Morgan fingerprint density at radius 2 is 2.24 bits per heavy atom. The van der Waals surface area contributed by atoms with Crippen LogP contribution in [-0.4, -0.2) is 63.7 Å². The number of hydrogen-bond acceptors (Lipinski definition) is 3. The number of hydrogen-bond donors (Lipinski definition) is 0. The lowest BCUT2D eigenvalue weighted by molar-refractivity contribution is -0.143. The minimum atomic E-state index is -4.20. The molecule has 0 saturated carbocycles. The summed E-state index contributed by atoms with van der Waals surface area (Å²) in [5.41, 5.74) is 0.450. The highest BCUT2D eigenvalue weighted by atomic mass is 19.4. The van der Waals surface area contributed by atoms with E-state index in [1.165, 1.54) is 17.4 Å². The molecule has 2 rings (SSSR count). The Hall–Kier alpha value is -1.57. The zero-order valence-electron chi connectivity index (χ0n) is 12.1. The van der Waals surface area contributed by atoms with Crippen LogP contribution in [0.3, 0.4) is 0 Å². The van der Waals surface area contributed by atoms with Crippen molar-refractivity contribution in [3.8, 4) is 0 Å². The Morgan fingerprint density at radius 1 is 1.52 bits per heavy atom. The lowest BCUT2D eigenvalue weighted by Crippen LogP contribution is -2.43. The maximum Gasteiger partial charge on any atom is 0.401 e. The molecule has 1 saturated heterocycles. The molecule has 1 aromatic rings. The number of likely N-dealkylation sites (N-methyl/N-ethyl adjacent to an activating group) is 1. The third-order valence-corrected chi connectivity index (χ3v) is 3.73. The normalized spacial score (nSPS) is 20.0. The molecule has 1 atom stereocenters. The summed E-state index contributed by atoms with van der Waals surface area (Å²) in [6.45, 7) is 2.01. The summed E-state index contributed by atoms with van der Waals surface area (Å²) in [5, 5.41) is 0. The highest BCUT2D eigenvalue weighted by Crippen LogP contribution is 2.23. The molecule has 5 nitrogen and oxygen atoms in total. The molecule has 0 bridgehead atoms. The van der Waals surface area contributed by atoms with Gasteiger partial charge in [0.15, 0.2) is 0 Å². The number of halogens is 3. The van der Waals surface area contributed by atoms with Crippen molar-refractivity contribution >= 4 is 5.91 Å². The number of likely N-dealkylation sites (tertiary alicyclic amines) is 1. The SMILES string of the molecule is CCN(C(=O)c1cncn1C)C1CCN(CC(F)(F)F)C1. The topological polar surface area (TPSA) is 41.4 Å². The predicted octanol–water partition coefficient (Wildman–Crippen LogP) is 1.52. The van der Waals surface area contributed by atoms with Crippen molar-refractivity contribution in [2.45, 2.75) is 25.6 Å². The fourth-order valence-electron chi connectivity index (χ4n) is 2.74. The third kappa shape index (κ3) is 3.75. The number of imidazole rings is 1. The maximum absolute atomic E-state index is 12.5. The largest absolute Gasteiger partial charge is 0.401 e. The van der Waals surface area contributed by atoms with Crippen LogP contribution in [-0.2, 0) is 7.05 Å². The molecule has 0 spiro atoms. The smallest absolute Gasteiger partial charge is 0.333 e. The van der Waals surface area contributed by atoms with Gasteiger partial charge in [-0.1, -0.05) is 0 Å². The fourth-order valence-corrected chi connectivity index (χ4v) is 2.74. The fraction of sp³-hybridized carbons (Fsp3) is 0.692. The second kappa shape index (κ2) is 6.05. The van der Waals surface area contributed by atoms with E-state index in [0.717, 1.165) is 0 Å². The second-order valence-electron chi connectivity index (χ2n) is 5.27. The van der Waals surface area contributed by atoms with E-state index >= 15 is 0 Å². The van der Waals surface area contributed by atoms with Crippen LogP contribution in [0.5, 0.6) is 0 Å². The van der Waals surface area contributed by atoms with Gasteiger partial charge in [0.05, 0.1) is 19.1 Å². The van der Waals surface area contributed by atoms with E-state index < -0.39 is 12.7 Å². The molecule has 0 aliphatic carbocycles. The molecule has 1 unspecified atom stereocenters. The third-order valence-electron chi connectivity index (χ3n) is 3.73. The summed E-state index contributed by atoms with van der Waals surface area (Å²) in [4.78, 5) is 19.4. The monoisotopic (exact) mass is 304 g/mol. The Morgan fingerprint density at radius 3 is 2.76 bits per heavy atom. The minimum absolute atomic E-state index is 0.181. The highest BCUT2D eigenvalue weighted by Gasteiger charge is 2.37. The first-order chi connectivity index (χ1) is 9.81. The second-order valence-corrected chi connectivity index (χ2v) is 5.27. The molecule has 8 heteroatoms. The lowest BCUT2D eigenvalue weighted by atomic mass is 10.2. The van der Waals surface area contributed by atoms with E-state index in [1.54, 1.807) is 16.5 Å². The number of aromatic nitrogens is 2. The zero-order chi connectivity index (χ0) is 15.6. The molecule has 1 aliphatic rings. The van der Waals surface area contributed by atoms with Gasteiger partial charge in [0.25, 0.3) is 5.91 Å². The predicted molar refractivity (Wildman–Crippen MR) is 70.8 cm³/mol. The molecule has 118 valence electrons. The van der Waals surface area contributed by atoms with Crippen molar-refractivity contribution in [3.05, 3.63) is 18.2 Å². The first-order valence-electron chi connectivity index (χ1n) is 6.88. The molecule has 2 heterocycles. The van der Waals surface area contributed by atoms with Gasteiger partial charge < -0.3 is 9.47 Å². The van der Waals surface area contributed by atoms with Crippen LogP contribution in [0.25, 0.3) is 0 Å². The van der Waals surface area contributed by atoms with Crippen molar-refractivity contribution in [2.75, 3.05) is 26.2 Å². The van der Waals surface area contributed by atoms with E-state index in [4.69, 9.17) is 0 Å². The number of carbonyl (C=O) groups is 1. The molecule has 21 heavy (non-hydrogen) atoms. The first-order valence-corrected chi connectivity index (χ1v) is 6.88. The van der Waals surface area contributed by atoms with Crippen LogP contribution in [0.2, 0.25) is 0 Å². The Kier molecular flexibility index (Phi) is 4.55. The molecule has 0 radical (unpaired) electrons. The summed E-state index contributed by atoms with van der Waals surface area (Å²) < 4.78 is 38.9. The van der Waals surface area contributed by atoms with Gasteiger partial charge in [-0.15, -0.1) is 0 Å². The molecule has 1 amide bonds. The lowest BCUT2D eigenvalue weighted by Gasteiger charge is -2.28. The van der Waals surface area contributed by atoms with E-state index in [0.29, 0.717) is 25.2 Å². The van der Waals surface area contributed by atoms with Crippen molar-refractivity contribution in [1.82, 2.24) is 19.4 Å². The standard InChI is InChI=1S/C13H19F3N4O/c1-3-20(12(21)11-6-17-9-18(11)2)10-4-5-19(7-10)8-13(14,15)16/h6,9-10H,3-5,7-8H2,1-2H3. The Balaban J connectivity index is 2.03. The number of alkyl halides is 3. The van der Waals surface area contributed by atoms with Crippen LogP contribution in [0, 0.1) is 0 Å². The van der Waals surface area contributed by atoms with E-state index in [1.807, 2.05) is 6.92 Å². The van der Waals surface area contributed by atoms with Gasteiger partial charge in [0.2, 0.25) is 0 Å². The number of carbonyl (C=O) groups excluding carboxylic acids is 1. The van der Waals surface area contributed by atoms with Crippen LogP contribution in [0.4, 0.5) is 13.2 Å². The molecule has 0 aromatic carbocycles. The summed E-state index contributed by atoms with van der Waals surface area (Å²) in [6.07, 6.45) is -0.620. The van der Waals surface area contributed by atoms with Crippen LogP contribution >= 0.6 is 0 Å². The zero-order valence-corrected chi connectivity index (χ0v) is 12.1. The van der Waals surface area contributed by atoms with E-state index in [2.05, 4.69) is 4.98 Å². The van der Waals surface area contributed by atoms with Crippen molar-refractivity contribution < 1.29 is 18.0 Å². The van der Waals surface area contributed by atoms with Gasteiger partial charge in [0, 0.05) is 32.7 Å². The molecule has 1 fully saturated rings.